The lowest BCUT2D eigenvalue weighted by atomic mass is 10.0. The Morgan fingerprint density at radius 1 is 1.17 bits per heavy atom. The second-order valence-corrected chi connectivity index (χ2v) is 9.95. The van der Waals surface area contributed by atoms with Crippen molar-refractivity contribution in [2.45, 2.75) is 25.8 Å². The lowest BCUT2D eigenvalue weighted by Gasteiger charge is -2.21. The van der Waals surface area contributed by atoms with Gasteiger partial charge in [-0.15, -0.1) is 0 Å². The maximum atomic E-state index is 13.1. The number of H-pyrrole nitrogens is 1. The Hall–Kier alpha value is -3.16. The smallest absolute Gasteiger partial charge is 0.416 e. The van der Waals surface area contributed by atoms with Gasteiger partial charge in [0.15, 0.2) is 0 Å². The number of rotatable bonds is 9. The number of aromatic amines is 1. The summed E-state index contributed by atoms with van der Waals surface area (Å²) in [7, 11) is 3.89. The molecule has 3 heterocycles. The van der Waals surface area contributed by atoms with Crippen molar-refractivity contribution in [3.8, 4) is 0 Å². The molecule has 0 bridgehead atoms. The second kappa shape index (κ2) is 10.2. The van der Waals surface area contributed by atoms with Crippen molar-refractivity contribution in [2.75, 3.05) is 33.2 Å². The Kier molecular flexibility index (Phi) is 6.88. The molecule has 1 atom stereocenters. The Bertz CT molecular complexity index is 1340. The highest BCUT2D eigenvalue weighted by atomic mass is 19.1. The standard InChI is InChI=1S/C28H33FN4O2/c1-31(16-20-3-6-24(29)7-4-20)17-22-9-11-33(18-22)12-10-23-15-30-27-8-5-21(14-26(23)27)13-25-19-35-28(34)32(25)2/h3-8,14-15,19,22,30H,9-13,16-18H2,1-2H3. The van der Waals surface area contributed by atoms with Crippen LogP contribution in [0.3, 0.4) is 0 Å². The summed E-state index contributed by atoms with van der Waals surface area (Å²) < 4.78 is 19.7. The van der Waals surface area contributed by atoms with E-state index in [0.29, 0.717) is 12.3 Å². The summed E-state index contributed by atoms with van der Waals surface area (Å²) in [5, 5.41) is 1.26. The van der Waals surface area contributed by atoms with Crippen molar-refractivity contribution in [3.63, 3.8) is 0 Å². The fourth-order valence-electron chi connectivity index (χ4n) is 5.26. The van der Waals surface area contributed by atoms with Gasteiger partial charge in [-0.05, 0) is 73.3 Å². The zero-order valence-corrected chi connectivity index (χ0v) is 20.5. The molecule has 1 saturated heterocycles. The van der Waals surface area contributed by atoms with Crippen molar-refractivity contribution in [1.82, 2.24) is 19.4 Å². The van der Waals surface area contributed by atoms with E-state index in [1.807, 2.05) is 12.1 Å². The number of halogens is 1. The van der Waals surface area contributed by atoms with Crippen LogP contribution >= 0.6 is 0 Å². The molecule has 0 saturated carbocycles. The lowest BCUT2D eigenvalue weighted by molar-refractivity contribution is 0.258. The van der Waals surface area contributed by atoms with Gasteiger partial charge in [0.05, 0.1) is 5.69 Å². The fourth-order valence-corrected chi connectivity index (χ4v) is 5.26. The fraction of sp³-hybridized carbons (Fsp3) is 0.393. The van der Waals surface area contributed by atoms with Crippen LogP contribution < -0.4 is 5.76 Å². The number of fused-ring (bicyclic) bond motifs is 1. The highest BCUT2D eigenvalue weighted by molar-refractivity contribution is 5.84. The zero-order valence-electron chi connectivity index (χ0n) is 20.5. The van der Waals surface area contributed by atoms with Gasteiger partial charge in [-0.1, -0.05) is 18.2 Å². The molecule has 1 N–H and O–H groups in total. The van der Waals surface area contributed by atoms with Crippen molar-refractivity contribution in [2.24, 2.45) is 13.0 Å². The van der Waals surface area contributed by atoms with Crippen molar-refractivity contribution in [3.05, 3.63) is 93.7 Å². The minimum absolute atomic E-state index is 0.181. The number of nitrogens with one attached hydrogen (secondary N) is 1. The minimum Gasteiger partial charge on any atom is -0.416 e. The van der Waals surface area contributed by atoms with Crippen LogP contribution in [0.4, 0.5) is 4.39 Å². The molecule has 184 valence electrons. The summed E-state index contributed by atoms with van der Waals surface area (Å²) in [5.74, 6) is 0.157. The molecule has 0 aliphatic carbocycles. The van der Waals surface area contributed by atoms with Crippen LogP contribution in [-0.4, -0.2) is 52.6 Å². The van der Waals surface area contributed by atoms with Crippen molar-refractivity contribution in [1.29, 1.82) is 0 Å². The summed E-state index contributed by atoms with van der Waals surface area (Å²) in [6.45, 7) is 5.21. The minimum atomic E-state index is -0.325. The van der Waals surface area contributed by atoms with Crippen LogP contribution in [0.2, 0.25) is 0 Å². The first kappa shape index (κ1) is 23.6. The van der Waals surface area contributed by atoms with E-state index < -0.39 is 0 Å². The van der Waals surface area contributed by atoms with Crippen LogP contribution in [-0.2, 0) is 26.4 Å². The molecular formula is C28H33FN4O2. The van der Waals surface area contributed by atoms with Gasteiger partial charge in [-0.2, -0.15) is 0 Å². The van der Waals surface area contributed by atoms with Crippen LogP contribution in [0.1, 0.15) is 28.8 Å². The molecule has 6 nitrogen and oxygen atoms in total. The SMILES string of the molecule is CN(Cc1ccc(F)cc1)CC1CCN(CCc2c[nH]c3ccc(Cc4coc(=O)n4C)cc23)C1. The van der Waals surface area contributed by atoms with Gasteiger partial charge in [0.2, 0.25) is 0 Å². The van der Waals surface area contributed by atoms with Crippen LogP contribution in [0.25, 0.3) is 10.9 Å². The normalized spacial score (nSPS) is 16.6. The summed E-state index contributed by atoms with van der Waals surface area (Å²) >= 11 is 0. The molecule has 2 aromatic carbocycles. The third-order valence-electron chi connectivity index (χ3n) is 7.22. The average molecular weight is 477 g/mol. The first-order chi connectivity index (χ1) is 16.9. The summed E-state index contributed by atoms with van der Waals surface area (Å²) in [6, 6.07) is 13.3. The zero-order chi connectivity index (χ0) is 24.4. The molecule has 0 spiro atoms. The maximum Gasteiger partial charge on any atom is 0.418 e. The van der Waals surface area contributed by atoms with Crippen molar-refractivity contribution < 1.29 is 8.81 Å². The number of hydrogen-bond acceptors (Lipinski definition) is 4. The molecule has 2 aromatic heterocycles. The first-order valence-electron chi connectivity index (χ1n) is 12.3. The van der Waals surface area contributed by atoms with Gasteiger partial charge in [0.25, 0.3) is 0 Å². The Morgan fingerprint density at radius 3 is 2.74 bits per heavy atom. The summed E-state index contributed by atoms with van der Waals surface area (Å²) in [5.41, 5.74) is 5.67. The Labute approximate surface area is 205 Å². The number of nitrogens with zero attached hydrogens (tertiary/aromatic N) is 3. The predicted molar refractivity (Wildman–Crippen MR) is 136 cm³/mol. The molecule has 5 rings (SSSR count). The molecule has 1 aliphatic rings. The third kappa shape index (κ3) is 5.57. The molecule has 1 unspecified atom stereocenters. The van der Waals surface area contributed by atoms with Gasteiger partial charge in [0, 0.05) is 56.7 Å². The number of hydrogen-bond donors (Lipinski definition) is 1. The van der Waals surface area contributed by atoms with E-state index in [0.717, 1.165) is 55.9 Å². The van der Waals surface area contributed by atoms with Gasteiger partial charge in [-0.25, -0.2) is 9.18 Å². The average Bonchev–Trinajstić information content (AvgIpc) is 3.54. The van der Waals surface area contributed by atoms with Crippen LogP contribution in [0, 0.1) is 11.7 Å². The number of likely N-dealkylation sites (tertiary alicyclic amines) is 1. The highest BCUT2D eigenvalue weighted by Crippen LogP contribution is 2.24. The maximum absolute atomic E-state index is 13.1. The number of benzene rings is 2. The van der Waals surface area contributed by atoms with Gasteiger partial charge in [-0.3, -0.25) is 4.57 Å². The Morgan fingerprint density at radius 2 is 1.97 bits per heavy atom. The molecule has 1 fully saturated rings. The molecule has 0 amide bonds. The second-order valence-electron chi connectivity index (χ2n) is 9.95. The molecular weight excluding hydrogens is 443 g/mol. The van der Waals surface area contributed by atoms with E-state index in [-0.39, 0.29) is 11.6 Å². The summed E-state index contributed by atoms with van der Waals surface area (Å²) in [6.07, 6.45) is 6.57. The van der Waals surface area contributed by atoms with E-state index in [4.69, 9.17) is 4.42 Å². The first-order valence-corrected chi connectivity index (χ1v) is 12.3. The number of oxazole rings is 1. The van der Waals surface area contributed by atoms with E-state index in [9.17, 15) is 9.18 Å². The van der Waals surface area contributed by atoms with Gasteiger partial charge in [0.1, 0.15) is 12.1 Å². The van der Waals surface area contributed by atoms with E-state index in [2.05, 4.69) is 46.2 Å². The van der Waals surface area contributed by atoms with E-state index in [1.165, 1.54) is 35.1 Å². The quantitative estimate of drug-likeness (QED) is 0.394. The Balaban J connectivity index is 1.15. The van der Waals surface area contributed by atoms with E-state index in [1.54, 1.807) is 17.9 Å². The topological polar surface area (TPSA) is 57.4 Å². The van der Waals surface area contributed by atoms with Gasteiger partial charge < -0.3 is 19.2 Å². The lowest BCUT2D eigenvalue weighted by Crippen LogP contribution is -2.29. The third-order valence-corrected chi connectivity index (χ3v) is 7.22. The summed E-state index contributed by atoms with van der Waals surface area (Å²) in [4.78, 5) is 19.9. The van der Waals surface area contributed by atoms with Gasteiger partial charge >= 0.3 is 5.76 Å². The molecule has 4 aromatic rings. The van der Waals surface area contributed by atoms with Crippen LogP contribution in [0.5, 0.6) is 0 Å². The molecule has 35 heavy (non-hydrogen) atoms. The van der Waals surface area contributed by atoms with E-state index >= 15 is 0 Å². The molecule has 7 heteroatoms. The predicted octanol–water partition coefficient (Wildman–Crippen LogP) is 4.19. The monoisotopic (exact) mass is 476 g/mol. The molecule has 0 radical (unpaired) electrons. The van der Waals surface area contributed by atoms with Crippen LogP contribution in [0.15, 0.2) is 64.1 Å². The highest BCUT2D eigenvalue weighted by Gasteiger charge is 2.23. The van der Waals surface area contributed by atoms with Crippen molar-refractivity contribution >= 4 is 10.9 Å². The largest absolute Gasteiger partial charge is 0.418 e. The number of aromatic nitrogens is 2. The molecule has 1 aliphatic heterocycles.